The second kappa shape index (κ2) is 39.1. The van der Waals surface area contributed by atoms with Gasteiger partial charge in [0.15, 0.2) is 0 Å². The van der Waals surface area contributed by atoms with Gasteiger partial charge in [-0.2, -0.15) is 0 Å². The van der Waals surface area contributed by atoms with Crippen LogP contribution in [0.15, 0.2) is 146 Å². The number of carboxylic acids is 1. The fourth-order valence-electron chi connectivity index (χ4n) is 15.1. The fourth-order valence-corrected chi connectivity index (χ4v) is 15.1. The Morgan fingerprint density at radius 1 is 0.375 bits per heavy atom. The van der Waals surface area contributed by atoms with E-state index in [1.165, 1.54) is 98.9 Å². The Hall–Kier alpha value is -10.5. The van der Waals surface area contributed by atoms with Gasteiger partial charge in [-0.05, 0) is 193 Å². The summed E-state index contributed by atoms with van der Waals surface area (Å²) in [5.74, 6) is 16.3. The van der Waals surface area contributed by atoms with E-state index in [2.05, 4.69) is 235 Å². The summed E-state index contributed by atoms with van der Waals surface area (Å²) in [5.41, 5.74) is 17.8. The standard InChI is InChI=1S/C101H117N5O6/c1-11-15-19-23-27-31-65-109-91-37-35-38-92(110-66-32-28-24-20-16-12-2)97(91)95-85-59-55-81(102-85)77(53-45-71-41-47-73(48-42-71)99(107)108)82-56-60-86(103-82)96(98-93(111-67-33-29-25-21-17-13-3)39-36-40-94(98)112-68-34-30-26-22-18-14-4)88-62-58-84(105-88)78(83-57-61-87(95)104-83)54-46-72-43-51-76(52-44-72)106-89-63-49-74(100(5,6)7)69-79(89)80-70-75(101(8,9)10)50-64-90(80)106/h35-44,47-52,55-64,69-70,102,105H,11-34,65-68H2,1-10H3,(H,107,108). The van der Waals surface area contributed by atoms with E-state index in [9.17, 15) is 9.90 Å². The molecule has 2 aliphatic heterocycles. The van der Waals surface area contributed by atoms with Crippen LogP contribution in [-0.4, -0.2) is 62.0 Å². The maximum Gasteiger partial charge on any atom is 0.335 e. The fraction of sp³-hybridized carbons (Fsp3) is 0.396. The maximum atomic E-state index is 12.1. The molecule has 6 heterocycles. The van der Waals surface area contributed by atoms with Crippen molar-refractivity contribution in [3.8, 4) is 74.6 Å². The number of aromatic amines is 2. The molecule has 0 aliphatic carbocycles. The first kappa shape index (κ1) is 81.0. The van der Waals surface area contributed by atoms with Gasteiger partial charge in [-0.1, -0.05) is 246 Å². The van der Waals surface area contributed by atoms with Crippen LogP contribution in [0, 0.1) is 23.7 Å². The number of aromatic carboxylic acids is 1. The van der Waals surface area contributed by atoms with Crippen LogP contribution in [0.5, 0.6) is 23.0 Å². The highest BCUT2D eigenvalue weighted by molar-refractivity contribution is 6.10. The van der Waals surface area contributed by atoms with Crippen LogP contribution in [-0.2, 0) is 10.8 Å². The normalized spacial score (nSPS) is 12.0. The lowest BCUT2D eigenvalue weighted by Gasteiger charge is -2.19. The molecular formula is C101H117N5O6. The summed E-state index contributed by atoms with van der Waals surface area (Å²) in [6.45, 7) is 24.9. The van der Waals surface area contributed by atoms with Crippen molar-refractivity contribution in [1.82, 2.24) is 24.5 Å². The SMILES string of the molecule is CCCCCCCCOc1cccc(OCCCCCCCC)c1-c1c2nc(c(C#Cc3ccc(-n4c5ccc(C(C)(C)C)cc5c5cc(C(C)(C)C)ccc54)cc3)c3ccc([nH]3)c(-c3c(OCCCCCCCC)cccc3OCCCCCCCC)c3nc(c(C#Cc4ccc(C(=O)O)cc4)c4ccc1[nH]4)C=C3)C=C2. The van der Waals surface area contributed by atoms with Gasteiger partial charge in [0.05, 0.1) is 99.1 Å². The van der Waals surface area contributed by atoms with Crippen LogP contribution in [0.3, 0.4) is 0 Å². The molecule has 12 rings (SSSR count). The van der Waals surface area contributed by atoms with E-state index in [0.29, 0.717) is 94.4 Å². The third-order valence-corrected chi connectivity index (χ3v) is 21.7. The van der Waals surface area contributed by atoms with Gasteiger partial charge >= 0.3 is 5.97 Å². The smallest absolute Gasteiger partial charge is 0.335 e. The number of nitrogens with zero attached hydrogens (tertiary/aromatic N) is 3. The molecule has 582 valence electrons. The van der Waals surface area contributed by atoms with Gasteiger partial charge in [0.1, 0.15) is 23.0 Å². The minimum atomic E-state index is -1.00. The molecule has 0 amide bonds. The Morgan fingerprint density at radius 2 is 0.705 bits per heavy atom. The average Bonchev–Trinajstić information content (AvgIpc) is 1.58. The second-order valence-electron chi connectivity index (χ2n) is 32.5. The Morgan fingerprint density at radius 3 is 1.05 bits per heavy atom. The van der Waals surface area contributed by atoms with E-state index in [4.69, 9.17) is 28.9 Å². The monoisotopic (exact) mass is 1500 g/mol. The first-order valence-corrected chi connectivity index (χ1v) is 42.0. The van der Waals surface area contributed by atoms with E-state index in [0.717, 1.165) is 138 Å². The molecular weight excluding hydrogens is 1380 g/mol. The van der Waals surface area contributed by atoms with Gasteiger partial charge < -0.3 is 38.6 Å². The van der Waals surface area contributed by atoms with Crippen LogP contribution in [0.2, 0.25) is 0 Å². The average molecular weight is 1500 g/mol. The molecule has 0 atom stereocenters. The zero-order chi connectivity index (χ0) is 78.4. The number of fused-ring (bicyclic) bond motifs is 11. The van der Waals surface area contributed by atoms with Crippen molar-refractivity contribution in [2.24, 2.45) is 0 Å². The summed E-state index contributed by atoms with van der Waals surface area (Å²) in [4.78, 5) is 31.5. The van der Waals surface area contributed by atoms with Crippen LogP contribution in [0.4, 0.5) is 0 Å². The van der Waals surface area contributed by atoms with Crippen molar-refractivity contribution >= 4 is 74.1 Å². The van der Waals surface area contributed by atoms with Crippen molar-refractivity contribution in [3.63, 3.8) is 0 Å². The highest BCUT2D eigenvalue weighted by atomic mass is 16.5. The zero-order valence-corrected chi connectivity index (χ0v) is 68.3. The third kappa shape index (κ3) is 20.4. The predicted molar refractivity (Wildman–Crippen MR) is 469 cm³/mol. The summed E-state index contributed by atoms with van der Waals surface area (Å²) in [6.07, 6.45) is 35.4. The second-order valence-corrected chi connectivity index (χ2v) is 32.5. The Balaban J connectivity index is 1.10. The van der Waals surface area contributed by atoms with Crippen molar-refractivity contribution in [3.05, 3.63) is 207 Å². The quantitative estimate of drug-likeness (QED) is 0.0261. The molecule has 0 saturated carbocycles. The van der Waals surface area contributed by atoms with Crippen LogP contribution in [0.1, 0.15) is 290 Å². The highest BCUT2D eigenvalue weighted by Crippen LogP contribution is 2.47. The number of hydrogen-bond donors (Lipinski definition) is 3. The number of nitrogens with one attached hydrogen (secondary N) is 2. The number of aromatic nitrogens is 5. The van der Waals surface area contributed by atoms with E-state index in [1.807, 2.05) is 18.2 Å². The number of hydrogen-bond acceptors (Lipinski definition) is 7. The molecule has 8 bridgehead atoms. The minimum Gasteiger partial charge on any atom is -0.493 e. The highest BCUT2D eigenvalue weighted by Gasteiger charge is 2.26. The van der Waals surface area contributed by atoms with Gasteiger partial charge in [0.25, 0.3) is 0 Å². The van der Waals surface area contributed by atoms with Gasteiger partial charge in [0.2, 0.25) is 0 Å². The number of carbonyl (C=O) groups is 1. The molecule has 0 unspecified atom stereocenters. The molecule has 3 N–H and O–H groups in total. The van der Waals surface area contributed by atoms with E-state index >= 15 is 0 Å². The van der Waals surface area contributed by atoms with Crippen molar-refractivity contribution in [1.29, 1.82) is 0 Å². The number of benzene rings is 6. The van der Waals surface area contributed by atoms with Gasteiger partial charge in [-0.25, -0.2) is 14.8 Å². The molecule has 0 saturated heterocycles. The van der Waals surface area contributed by atoms with E-state index in [1.54, 1.807) is 24.3 Å². The maximum absolute atomic E-state index is 12.1. The number of rotatable bonds is 36. The van der Waals surface area contributed by atoms with Crippen molar-refractivity contribution in [2.45, 2.75) is 234 Å². The number of carboxylic acid groups (broad SMARTS) is 1. The molecule has 11 nitrogen and oxygen atoms in total. The summed E-state index contributed by atoms with van der Waals surface area (Å²) in [6, 6.07) is 50.1. The lowest BCUT2D eigenvalue weighted by molar-refractivity contribution is 0.0696. The topological polar surface area (TPSA) is 137 Å². The zero-order valence-electron chi connectivity index (χ0n) is 68.3. The van der Waals surface area contributed by atoms with Gasteiger partial charge in [0, 0.05) is 49.7 Å². The minimum absolute atomic E-state index is 0.0210. The lowest BCUT2D eigenvalue weighted by atomic mass is 9.85. The number of unbranched alkanes of at least 4 members (excludes halogenated alkanes) is 20. The summed E-state index contributed by atoms with van der Waals surface area (Å²) >= 11 is 0. The summed E-state index contributed by atoms with van der Waals surface area (Å²) in [5, 5.41) is 12.4. The number of ether oxygens (including phenoxy) is 4. The molecule has 4 aromatic heterocycles. The van der Waals surface area contributed by atoms with E-state index < -0.39 is 5.97 Å². The first-order valence-electron chi connectivity index (χ1n) is 42.0. The first-order chi connectivity index (χ1) is 54.5. The molecule has 0 fully saturated rings. The largest absolute Gasteiger partial charge is 0.493 e. The Bertz CT molecular complexity index is 5030. The Kier molecular flexibility index (Phi) is 28.3. The molecule has 0 radical (unpaired) electrons. The molecule has 0 spiro atoms. The number of H-pyrrole nitrogens is 2. The molecule has 2 aliphatic rings. The van der Waals surface area contributed by atoms with Gasteiger partial charge in [-0.3, -0.25) is 0 Å². The molecule has 6 aromatic carbocycles. The van der Waals surface area contributed by atoms with Crippen LogP contribution >= 0.6 is 0 Å². The predicted octanol–water partition coefficient (Wildman–Crippen LogP) is 27.1. The molecule has 10 aromatic rings. The van der Waals surface area contributed by atoms with Gasteiger partial charge in [-0.15, -0.1) is 0 Å². The summed E-state index contributed by atoms with van der Waals surface area (Å²) < 4.78 is 30.5. The van der Waals surface area contributed by atoms with Crippen molar-refractivity contribution < 1.29 is 28.8 Å². The Labute approximate surface area is 666 Å². The third-order valence-electron chi connectivity index (χ3n) is 21.7. The van der Waals surface area contributed by atoms with Crippen LogP contribution in [0.25, 0.3) is 96.1 Å². The van der Waals surface area contributed by atoms with Crippen LogP contribution < -0.4 is 18.9 Å². The van der Waals surface area contributed by atoms with Crippen molar-refractivity contribution in [2.75, 3.05) is 26.4 Å². The summed E-state index contributed by atoms with van der Waals surface area (Å²) in [7, 11) is 0. The van der Waals surface area contributed by atoms with E-state index in [-0.39, 0.29) is 16.4 Å². The molecule has 11 heteroatoms. The molecule has 112 heavy (non-hydrogen) atoms. The lowest BCUT2D eigenvalue weighted by Crippen LogP contribution is -2.10.